The van der Waals surface area contributed by atoms with Crippen LogP contribution in [0.5, 0.6) is 0 Å². The van der Waals surface area contributed by atoms with E-state index in [9.17, 15) is 4.79 Å². The van der Waals surface area contributed by atoms with Gasteiger partial charge in [-0.1, -0.05) is 32.3 Å². The van der Waals surface area contributed by atoms with Crippen LogP contribution in [0.1, 0.15) is 38.5 Å². The second-order valence-corrected chi connectivity index (χ2v) is 7.81. The van der Waals surface area contributed by atoms with Gasteiger partial charge in [0, 0.05) is 5.92 Å². The van der Waals surface area contributed by atoms with Crippen LogP contribution in [0.15, 0.2) is 12.3 Å². The van der Waals surface area contributed by atoms with Crippen LogP contribution in [0.3, 0.4) is 0 Å². The number of allylic oxidation sites excluding steroid dienone is 1. The smallest absolute Gasteiger partial charge is 0.309 e. The minimum absolute atomic E-state index is 0.0794. The second-order valence-electron chi connectivity index (χ2n) is 7.81. The number of epoxide rings is 2. The maximum absolute atomic E-state index is 12.7. The van der Waals surface area contributed by atoms with Gasteiger partial charge >= 0.3 is 5.97 Å². The quantitative estimate of drug-likeness (QED) is 0.406. The summed E-state index contributed by atoms with van der Waals surface area (Å²) in [7, 11) is 0. The summed E-state index contributed by atoms with van der Waals surface area (Å²) in [4.78, 5) is 12.7. The van der Waals surface area contributed by atoms with Crippen molar-refractivity contribution in [2.24, 2.45) is 23.7 Å². The molecule has 0 radical (unpaired) electrons. The van der Waals surface area contributed by atoms with E-state index in [0.29, 0.717) is 31.7 Å². The van der Waals surface area contributed by atoms with Crippen LogP contribution in [0, 0.1) is 23.7 Å². The minimum atomic E-state index is -0.115. The zero-order chi connectivity index (χ0) is 16.5. The van der Waals surface area contributed by atoms with Gasteiger partial charge in [-0.25, -0.2) is 0 Å². The van der Waals surface area contributed by atoms with Crippen LogP contribution >= 0.6 is 0 Å². The largest absolute Gasteiger partial charge is 0.495 e. The average molecular weight is 336 g/mol. The molecular weight excluding hydrogens is 308 g/mol. The van der Waals surface area contributed by atoms with Crippen molar-refractivity contribution in [1.29, 1.82) is 0 Å². The van der Waals surface area contributed by atoms with E-state index >= 15 is 0 Å². The third-order valence-electron chi connectivity index (χ3n) is 6.05. The summed E-state index contributed by atoms with van der Waals surface area (Å²) in [6.45, 7) is 6.58. The van der Waals surface area contributed by atoms with E-state index in [4.69, 9.17) is 18.9 Å². The molecule has 0 bridgehead atoms. The van der Waals surface area contributed by atoms with Crippen molar-refractivity contribution in [2.45, 2.75) is 50.7 Å². The van der Waals surface area contributed by atoms with E-state index in [0.717, 1.165) is 25.2 Å². The van der Waals surface area contributed by atoms with Crippen molar-refractivity contribution in [1.82, 2.24) is 0 Å². The molecule has 2 heterocycles. The molecule has 4 rings (SSSR count). The van der Waals surface area contributed by atoms with Crippen molar-refractivity contribution in [3.63, 3.8) is 0 Å². The lowest BCUT2D eigenvalue weighted by Crippen LogP contribution is -2.39. The van der Waals surface area contributed by atoms with Crippen LogP contribution in [-0.2, 0) is 23.7 Å². The molecule has 4 fully saturated rings. The molecule has 0 spiro atoms. The number of hydrogen-bond donors (Lipinski definition) is 0. The lowest BCUT2D eigenvalue weighted by Gasteiger charge is -2.43. The fourth-order valence-corrected chi connectivity index (χ4v) is 4.42. The van der Waals surface area contributed by atoms with Crippen LogP contribution in [0.2, 0.25) is 0 Å². The maximum atomic E-state index is 12.7. The highest BCUT2D eigenvalue weighted by atomic mass is 16.6. The van der Waals surface area contributed by atoms with Gasteiger partial charge < -0.3 is 18.9 Å². The molecule has 134 valence electrons. The van der Waals surface area contributed by atoms with Crippen molar-refractivity contribution in [3.05, 3.63) is 12.3 Å². The van der Waals surface area contributed by atoms with E-state index in [1.165, 1.54) is 25.7 Å². The lowest BCUT2D eigenvalue weighted by molar-refractivity contribution is -0.154. The highest BCUT2D eigenvalue weighted by Crippen LogP contribution is 2.48. The average Bonchev–Trinajstić information content (AvgIpc) is 3.50. The first-order valence-electron chi connectivity index (χ1n) is 9.42. The Morgan fingerprint density at radius 2 is 1.46 bits per heavy atom. The molecule has 0 aromatic heterocycles. The molecule has 2 aliphatic heterocycles. The van der Waals surface area contributed by atoms with E-state index in [-0.39, 0.29) is 30.0 Å². The van der Waals surface area contributed by atoms with Crippen molar-refractivity contribution in [3.8, 4) is 0 Å². The van der Waals surface area contributed by atoms with Gasteiger partial charge in [-0.3, -0.25) is 4.79 Å². The first-order valence-corrected chi connectivity index (χ1v) is 9.42. The monoisotopic (exact) mass is 336 g/mol. The Bertz CT molecular complexity index is 438. The van der Waals surface area contributed by atoms with Crippen molar-refractivity contribution < 1.29 is 23.7 Å². The molecule has 6 atom stereocenters. The summed E-state index contributed by atoms with van der Waals surface area (Å²) in [5.41, 5.74) is 0. The summed E-state index contributed by atoms with van der Waals surface area (Å²) in [6.07, 6.45) is 7.38. The predicted molar refractivity (Wildman–Crippen MR) is 87.2 cm³/mol. The zero-order valence-corrected chi connectivity index (χ0v) is 14.3. The molecule has 0 amide bonds. The van der Waals surface area contributed by atoms with Crippen molar-refractivity contribution >= 4 is 5.97 Å². The molecule has 24 heavy (non-hydrogen) atoms. The molecule has 2 saturated heterocycles. The Morgan fingerprint density at radius 1 is 0.917 bits per heavy atom. The molecule has 4 aliphatic rings. The van der Waals surface area contributed by atoms with Gasteiger partial charge in [0.25, 0.3) is 0 Å². The zero-order valence-electron chi connectivity index (χ0n) is 14.3. The number of ether oxygens (including phenoxy) is 4. The van der Waals surface area contributed by atoms with Gasteiger partial charge in [0.2, 0.25) is 0 Å². The summed E-state index contributed by atoms with van der Waals surface area (Å²) < 4.78 is 21.7. The molecule has 5 nitrogen and oxygen atoms in total. The topological polar surface area (TPSA) is 60.6 Å². The Labute approximate surface area is 143 Å². The summed E-state index contributed by atoms with van der Waals surface area (Å²) in [5.74, 6) is 1.99. The maximum Gasteiger partial charge on any atom is 0.309 e. The summed E-state index contributed by atoms with van der Waals surface area (Å²) in [5, 5.41) is 0. The molecule has 2 aliphatic carbocycles. The number of hydrogen-bond acceptors (Lipinski definition) is 5. The Balaban J connectivity index is 1.40. The fourth-order valence-electron chi connectivity index (χ4n) is 4.42. The van der Waals surface area contributed by atoms with E-state index < -0.39 is 0 Å². The molecular formula is C19H28O5. The van der Waals surface area contributed by atoms with Gasteiger partial charge in [0.1, 0.15) is 25.4 Å². The normalized spacial score (nSPS) is 40.3. The number of carbonyl (C=O) groups is 1. The predicted octanol–water partition coefficient (Wildman–Crippen LogP) is 2.69. The molecule has 5 heteroatoms. The van der Waals surface area contributed by atoms with Crippen LogP contribution in [0.25, 0.3) is 0 Å². The molecule has 2 saturated carbocycles. The summed E-state index contributed by atoms with van der Waals surface area (Å²) >= 11 is 0. The number of esters is 1. The number of fused-ring (bicyclic) bond motifs is 1. The summed E-state index contributed by atoms with van der Waals surface area (Å²) in [6, 6.07) is 0. The first kappa shape index (κ1) is 16.4. The van der Waals surface area contributed by atoms with E-state index in [1.54, 1.807) is 0 Å². The van der Waals surface area contributed by atoms with Crippen LogP contribution < -0.4 is 0 Å². The Morgan fingerprint density at radius 3 is 2.04 bits per heavy atom. The minimum Gasteiger partial charge on any atom is -0.495 e. The molecule has 6 unspecified atom stereocenters. The van der Waals surface area contributed by atoms with E-state index in [2.05, 4.69) is 6.58 Å². The first-order chi connectivity index (χ1) is 11.7. The van der Waals surface area contributed by atoms with Gasteiger partial charge in [0.05, 0.1) is 24.9 Å². The van der Waals surface area contributed by atoms with Crippen LogP contribution in [-0.4, -0.2) is 44.6 Å². The highest BCUT2D eigenvalue weighted by Gasteiger charge is 2.44. The lowest BCUT2D eigenvalue weighted by atomic mass is 9.63. The number of carbonyl (C=O) groups excluding carboxylic acids is 1. The van der Waals surface area contributed by atoms with Gasteiger partial charge in [-0.05, 0) is 24.7 Å². The van der Waals surface area contributed by atoms with Gasteiger partial charge in [-0.15, -0.1) is 0 Å². The fraction of sp³-hybridized carbons (Fsp3) is 0.842. The third-order valence-corrected chi connectivity index (χ3v) is 6.05. The van der Waals surface area contributed by atoms with Gasteiger partial charge in [0.15, 0.2) is 0 Å². The van der Waals surface area contributed by atoms with Crippen molar-refractivity contribution in [2.75, 3.05) is 26.4 Å². The van der Waals surface area contributed by atoms with E-state index in [1.807, 2.05) is 0 Å². The Hall–Kier alpha value is -1.07. The third kappa shape index (κ3) is 3.94. The molecule has 0 N–H and O–H groups in total. The highest BCUT2D eigenvalue weighted by molar-refractivity contribution is 5.73. The molecule has 0 aromatic rings. The SMILES string of the molecule is C=C(OCC1CO1)C1CC2CCCCC2CC1C(=O)OCC1CO1. The second kappa shape index (κ2) is 7.04. The number of rotatable bonds is 7. The standard InChI is InChI=1S/C19H28O5/c1-12(21-8-15-9-22-15)17-6-13-4-2-3-5-14(13)7-18(17)19(20)24-11-16-10-23-16/h13-18H,1-11H2. The van der Waals surface area contributed by atoms with Crippen LogP contribution in [0.4, 0.5) is 0 Å². The van der Waals surface area contributed by atoms with Gasteiger partial charge in [-0.2, -0.15) is 0 Å². The Kier molecular flexibility index (Phi) is 4.81. The molecule has 0 aromatic carbocycles.